The summed E-state index contributed by atoms with van der Waals surface area (Å²) in [5, 5.41) is 0. The highest BCUT2D eigenvalue weighted by Gasteiger charge is 2.35. The molecule has 0 aromatic heterocycles. The van der Waals surface area contributed by atoms with Crippen molar-refractivity contribution >= 4 is 23.6 Å². The molecule has 21 heavy (non-hydrogen) atoms. The Balaban J connectivity index is 2.29. The zero-order valence-electron chi connectivity index (χ0n) is 13.0. The molecule has 1 aliphatic heterocycles. The second-order valence-electron chi connectivity index (χ2n) is 5.59. The minimum Gasteiger partial charge on any atom is -0.347 e. The maximum Gasteiger partial charge on any atom is 0.255 e. The zero-order chi connectivity index (χ0) is 15.6. The largest absolute Gasteiger partial charge is 0.347 e. The highest BCUT2D eigenvalue weighted by atomic mass is 32.2. The van der Waals surface area contributed by atoms with Crippen molar-refractivity contribution < 1.29 is 9.59 Å². The molecule has 0 N–H and O–H groups in total. The number of carbonyl (C=O) groups excluding carboxylic acids is 2. The molecular formula is C16H22N2O2S. The summed E-state index contributed by atoms with van der Waals surface area (Å²) in [6.07, 6.45) is 3.61. The first kappa shape index (κ1) is 15.9. The van der Waals surface area contributed by atoms with Crippen molar-refractivity contribution in [1.82, 2.24) is 9.80 Å². The number of thioether (sulfide) groups is 1. The van der Waals surface area contributed by atoms with E-state index in [-0.39, 0.29) is 17.9 Å². The Labute approximate surface area is 130 Å². The predicted molar refractivity (Wildman–Crippen MR) is 85.7 cm³/mol. The quantitative estimate of drug-likeness (QED) is 0.805. The van der Waals surface area contributed by atoms with Crippen LogP contribution in [-0.4, -0.2) is 54.6 Å². The topological polar surface area (TPSA) is 40.6 Å². The summed E-state index contributed by atoms with van der Waals surface area (Å²) in [7, 11) is 3.48. The average Bonchev–Trinajstić information content (AvgIpc) is 2.94. The number of likely N-dealkylation sites (tertiary alicyclic amines) is 1. The number of aryl methyl sites for hydroxylation is 1. The van der Waals surface area contributed by atoms with Gasteiger partial charge in [-0.25, -0.2) is 0 Å². The Kier molecular flexibility index (Phi) is 4.93. The van der Waals surface area contributed by atoms with E-state index >= 15 is 0 Å². The van der Waals surface area contributed by atoms with Crippen molar-refractivity contribution in [2.24, 2.45) is 0 Å². The van der Waals surface area contributed by atoms with Crippen LogP contribution in [0.5, 0.6) is 0 Å². The first-order valence-electron chi connectivity index (χ1n) is 7.12. The van der Waals surface area contributed by atoms with Gasteiger partial charge in [-0.2, -0.15) is 0 Å². The van der Waals surface area contributed by atoms with Gasteiger partial charge in [0.25, 0.3) is 5.91 Å². The lowest BCUT2D eigenvalue weighted by Crippen LogP contribution is -2.45. The fraction of sp³-hybridized carbons (Fsp3) is 0.500. The van der Waals surface area contributed by atoms with E-state index in [1.54, 1.807) is 35.7 Å². The normalized spacial score (nSPS) is 17.9. The molecular weight excluding hydrogens is 284 g/mol. The van der Waals surface area contributed by atoms with E-state index in [1.165, 1.54) is 0 Å². The summed E-state index contributed by atoms with van der Waals surface area (Å²) in [6.45, 7) is 2.67. The van der Waals surface area contributed by atoms with Crippen molar-refractivity contribution in [2.75, 3.05) is 26.9 Å². The number of carbonyl (C=O) groups is 2. The molecule has 0 bridgehead atoms. The molecule has 0 spiro atoms. The minimum absolute atomic E-state index is 0.0127. The molecule has 5 heteroatoms. The second-order valence-corrected chi connectivity index (χ2v) is 6.44. The summed E-state index contributed by atoms with van der Waals surface area (Å²) >= 11 is 1.57. The molecule has 1 aliphatic rings. The molecule has 1 atom stereocenters. The second kappa shape index (κ2) is 6.52. The van der Waals surface area contributed by atoms with Gasteiger partial charge in [0.05, 0.1) is 5.56 Å². The van der Waals surface area contributed by atoms with Crippen LogP contribution in [0.15, 0.2) is 23.1 Å². The number of benzene rings is 1. The number of amides is 2. The summed E-state index contributed by atoms with van der Waals surface area (Å²) < 4.78 is 0. The van der Waals surface area contributed by atoms with Crippen LogP contribution in [0, 0.1) is 6.92 Å². The molecule has 1 heterocycles. The third-order valence-corrected chi connectivity index (χ3v) is 4.60. The molecule has 0 aliphatic carbocycles. The van der Waals surface area contributed by atoms with Gasteiger partial charge in [-0.1, -0.05) is 6.07 Å². The van der Waals surface area contributed by atoms with Crippen LogP contribution in [0.2, 0.25) is 0 Å². The van der Waals surface area contributed by atoms with Crippen LogP contribution in [-0.2, 0) is 4.79 Å². The monoisotopic (exact) mass is 306 g/mol. The molecule has 0 saturated carbocycles. The van der Waals surface area contributed by atoms with Crippen LogP contribution in [0.3, 0.4) is 0 Å². The van der Waals surface area contributed by atoms with Gasteiger partial charge < -0.3 is 9.80 Å². The molecule has 1 aromatic carbocycles. The lowest BCUT2D eigenvalue weighted by atomic mass is 10.1. The van der Waals surface area contributed by atoms with Gasteiger partial charge in [-0.15, -0.1) is 11.8 Å². The van der Waals surface area contributed by atoms with Gasteiger partial charge in [-0.3, -0.25) is 9.59 Å². The molecule has 1 fully saturated rings. The van der Waals surface area contributed by atoms with E-state index in [4.69, 9.17) is 0 Å². The van der Waals surface area contributed by atoms with Crippen LogP contribution < -0.4 is 0 Å². The summed E-state index contributed by atoms with van der Waals surface area (Å²) in [4.78, 5) is 29.3. The standard InChI is InChI=1S/C16H22N2O2S/c1-11-7-8-12(14(10-11)21-4)15(19)18-9-5-6-13(18)16(20)17(2)3/h7-8,10,13H,5-6,9H2,1-4H3. The molecule has 4 nitrogen and oxygen atoms in total. The maximum absolute atomic E-state index is 12.8. The predicted octanol–water partition coefficient (Wildman–Crippen LogP) is 2.41. The molecule has 2 amide bonds. The van der Waals surface area contributed by atoms with Crippen LogP contribution >= 0.6 is 11.8 Å². The lowest BCUT2D eigenvalue weighted by Gasteiger charge is -2.27. The van der Waals surface area contributed by atoms with Crippen molar-refractivity contribution in [2.45, 2.75) is 30.7 Å². The van der Waals surface area contributed by atoms with Crippen molar-refractivity contribution in [3.8, 4) is 0 Å². The lowest BCUT2D eigenvalue weighted by molar-refractivity contribution is -0.132. The number of rotatable bonds is 3. The summed E-state index contributed by atoms with van der Waals surface area (Å²) in [5.74, 6) is -0.0179. The number of hydrogen-bond acceptors (Lipinski definition) is 3. The van der Waals surface area contributed by atoms with Gasteiger partial charge >= 0.3 is 0 Å². The highest BCUT2D eigenvalue weighted by molar-refractivity contribution is 7.98. The fourth-order valence-electron chi connectivity index (χ4n) is 2.69. The number of hydrogen-bond donors (Lipinski definition) is 0. The third-order valence-electron chi connectivity index (χ3n) is 3.83. The SMILES string of the molecule is CSc1cc(C)ccc1C(=O)N1CCCC1C(=O)N(C)C. The summed E-state index contributed by atoms with van der Waals surface area (Å²) in [6, 6.07) is 5.53. The molecule has 1 aromatic rings. The van der Waals surface area contributed by atoms with E-state index in [9.17, 15) is 9.59 Å². The molecule has 1 saturated heterocycles. The Hall–Kier alpha value is -1.49. The molecule has 114 valence electrons. The smallest absolute Gasteiger partial charge is 0.255 e. The molecule has 2 rings (SSSR count). The first-order chi connectivity index (χ1) is 9.95. The van der Waals surface area contributed by atoms with Crippen LogP contribution in [0.25, 0.3) is 0 Å². The molecule has 0 radical (unpaired) electrons. The van der Waals surface area contributed by atoms with Gasteiger partial charge in [0.1, 0.15) is 6.04 Å². The van der Waals surface area contributed by atoms with E-state index in [2.05, 4.69) is 0 Å². The Bertz CT molecular complexity index is 557. The number of nitrogens with zero attached hydrogens (tertiary/aromatic N) is 2. The maximum atomic E-state index is 12.8. The third kappa shape index (κ3) is 3.23. The summed E-state index contributed by atoms with van der Waals surface area (Å²) in [5.41, 5.74) is 1.84. The van der Waals surface area contributed by atoms with Gasteiger partial charge in [0.15, 0.2) is 0 Å². The van der Waals surface area contributed by atoms with E-state index in [1.807, 2.05) is 31.4 Å². The average molecular weight is 306 g/mol. The van der Waals surface area contributed by atoms with Gasteiger partial charge in [0, 0.05) is 25.5 Å². The van der Waals surface area contributed by atoms with Crippen molar-refractivity contribution in [3.63, 3.8) is 0 Å². The van der Waals surface area contributed by atoms with Gasteiger partial charge in [-0.05, 0) is 43.7 Å². The Morgan fingerprint density at radius 2 is 2.05 bits per heavy atom. The number of likely N-dealkylation sites (N-methyl/N-ethyl adjacent to an activating group) is 1. The Morgan fingerprint density at radius 3 is 2.67 bits per heavy atom. The molecule has 1 unspecified atom stereocenters. The Morgan fingerprint density at radius 1 is 1.33 bits per heavy atom. The fourth-order valence-corrected chi connectivity index (χ4v) is 3.37. The first-order valence-corrected chi connectivity index (χ1v) is 8.35. The van der Waals surface area contributed by atoms with Crippen molar-refractivity contribution in [1.29, 1.82) is 0 Å². The van der Waals surface area contributed by atoms with E-state index < -0.39 is 0 Å². The van der Waals surface area contributed by atoms with Gasteiger partial charge in [0.2, 0.25) is 5.91 Å². The van der Waals surface area contributed by atoms with Crippen LogP contribution in [0.4, 0.5) is 0 Å². The highest BCUT2D eigenvalue weighted by Crippen LogP contribution is 2.27. The van der Waals surface area contributed by atoms with Crippen molar-refractivity contribution in [3.05, 3.63) is 29.3 Å². The van der Waals surface area contributed by atoms with Crippen LogP contribution in [0.1, 0.15) is 28.8 Å². The van der Waals surface area contributed by atoms with E-state index in [0.717, 1.165) is 23.3 Å². The minimum atomic E-state index is -0.316. The zero-order valence-corrected chi connectivity index (χ0v) is 13.9. The van der Waals surface area contributed by atoms with E-state index in [0.29, 0.717) is 12.1 Å².